The van der Waals surface area contributed by atoms with Gasteiger partial charge in [0.25, 0.3) is 5.56 Å². The second kappa shape index (κ2) is 7.41. The average Bonchev–Trinajstić information content (AvgIpc) is 3.70. The van der Waals surface area contributed by atoms with Crippen LogP contribution in [0.5, 0.6) is 0 Å². The lowest BCUT2D eigenvalue weighted by Gasteiger charge is -2.09. The molecule has 0 radical (unpaired) electrons. The summed E-state index contributed by atoms with van der Waals surface area (Å²) < 4.78 is 3.54. The van der Waals surface area contributed by atoms with Crippen LogP contribution in [0, 0.1) is 5.92 Å². The SMILES string of the molecule is CCNC(=O)C1(c2nc3c(-n4cccn4)cc(-c4ccn(CC5CC5)c(=O)c4)cc3[nH]2)CN1. The van der Waals surface area contributed by atoms with E-state index in [0.717, 1.165) is 34.4 Å². The molecule has 4 heterocycles. The minimum atomic E-state index is -0.833. The van der Waals surface area contributed by atoms with Crippen molar-refractivity contribution in [1.82, 2.24) is 34.9 Å². The molecule has 2 aliphatic rings. The maximum atomic E-state index is 12.7. The van der Waals surface area contributed by atoms with Crippen molar-refractivity contribution in [1.29, 1.82) is 0 Å². The van der Waals surface area contributed by atoms with E-state index in [2.05, 4.69) is 20.7 Å². The minimum Gasteiger partial charge on any atom is -0.354 e. The lowest BCUT2D eigenvalue weighted by molar-refractivity contribution is -0.123. The first kappa shape index (κ1) is 19.9. The zero-order valence-electron chi connectivity index (χ0n) is 18.3. The van der Waals surface area contributed by atoms with Gasteiger partial charge < -0.3 is 14.9 Å². The van der Waals surface area contributed by atoms with Crippen molar-refractivity contribution in [3.05, 3.63) is 65.1 Å². The topological polar surface area (TPSA) is 120 Å². The summed E-state index contributed by atoms with van der Waals surface area (Å²) in [6, 6.07) is 9.48. The van der Waals surface area contributed by atoms with Crippen LogP contribution in [0.3, 0.4) is 0 Å². The fraction of sp³-hybridized carbons (Fsp3) is 0.333. The molecule has 3 aromatic heterocycles. The van der Waals surface area contributed by atoms with Gasteiger partial charge in [-0.15, -0.1) is 0 Å². The molecule has 33 heavy (non-hydrogen) atoms. The summed E-state index contributed by atoms with van der Waals surface area (Å²) in [6.45, 7) is 3.77. The number of carbonyl (C=O) groups is 1. The van der Waals surface area contributed by atoms with Gasteiger partial charge in [-0.2, -0.15) is 5.10 Å². The summed E-state index contributed by atoms with van der Waals surface area (Å²) in [6.07, 6.45) is 7.85. The van der Waals surface area contributed by atoms with Crippen LogP contribution in [-0.4, -0.2) is 43.3 Å². The van der Waals surface area contributed by atoms with Crippen LogP contribution in [0.15, 0.2) is 53.7 Å². The van der Waals surface area contributed by atoms with Gasteiger partial charge >= 0.3 is 0 Å². The van der Waals surface area contributed by atoms with E-state index in [1.165, 1.54) is 12.8 Å². The number of imidazole rings is 1. The number of benzene rings is 1. The van der Waals surface area contributed by atoms with E-state index in [9.17, 15) is 9.59 Å². The molecule has 1 atom stereocenters. The molecule has 1 aliphatic carbocycles. The number of pyridine rings is 1. The molecule has 1 saturated carbocycles. The Morgan fingerprint density at radius 2 is 2.09 bits per heavy atom. The molecule has 1 aliphatic heterocycles. The van der Waals surface area contributed by atoms with Crippen molar-refractivity contribution in [2.45, 2.75) is 31.8 Å². The van der Waals surface area contributed by atoms with E-state index < -0.39 is 5.54 Å². The number of hydrogen-bond acceptors (Lipinski definition) is 5. The lowest BCUT2D eigenvalue weighted by atomic mass is 10.1. The number of fused-ring (bicyclic) bond motifs is 1. The Labute approximate surface area is 189 Å². The van der Waals surface area contributed by atoms with Crippen LogP contribution in [-0.2, 0) is 16.9 Å². The number of hydrogen-bond donors (Lipinski definition) is 3. The number of aromatic nitrogens is 5. The Kier molecular flexibility index (Phi) is 4.48. The van der Waals surface area contributed by atoms with E-state index in [1.54, 1.807) is 21.5 Å². The molecule has 1 aromatic carbocycles. The van der Waals surface area contributed by atoms with Crippen molar-refractivity contribution in [2.24, 2.45) is 5.92 Å². The van der Waals surface area contributed by atoms with E-state index in [-0.39, 0.29) is 11.5 Å². The van der Waals surface area contributed by atoms with Crippen LogP contribution in [0.4, 0.5) is 0 Å². The quantitative estimate of drug-likeness (QED) is 0.377. The Morgan fingerprint density at radius 1 is 1.24 bits per heavy atom. The van der Waals surface area contributed by atoms with Gasteiger partial charge in [0.15, 0.2) is 5.54 Å². The molecule has 0 bridgehead atoms. The second-order valence-electron chi connectivity index (χ2n) is 8.90. The van der Waals surface area contributed by atoms with E-state index >= 15 is 0 Å². The second-order valence-corrected chi connectivity index (χ2v) is 8.90. The van der Waals surface area contributed by atoms with Crippen LogP contribution < -0.4 is 16.2 Å². The summed E-state index contributed by atoms with van der Waals surface area (Å²) in [5.41, 5.74) is 3.17. The first-order valence-corrected chi connectivity index (χ1v) is 11.4. The Morgan fingerprint density at radius 3 is 2.76 bits per heavy atom. The van der Waals surface area contributed by atoms with Gasteiger partial charge in [-0.05, 0) is 61.1 Å². The highest BCUT2D eigenvalue weighted by atomic mass is 16.2. The number of aromatic amines is 1. The molecular formula is C24H25N7O2. The van der Waals surface area contributed by atoms with Gasteiger partial charge in [-0.25, -0.2) is 9.67 Å². The predicted octanol–water partition coefficient (Wildman–Crippen LogP) is 1.92. The number of rotatable bonds is 7. The van der Waals surface area contributed by atoms with Gasteiger partial charge in [0.05, 0.1) is 11.2 Å². The summed E-state index contributed by atoms with van der Waals surface area (Å²) >= 11 is 0. The number of nitrogens with one attached hydrogen (secondary N) is 3. The van der Waals surface area contributed by atoms with Gasteiger partial charge in [-0.3, -0.25) is 14.9 Å². The average molecular weight is 444 g/mol. The molecule has 4 aromatic rings. The van der Waals surface area contributed by atoms with Crippen LogP contribution in [0.1, 0.15) is 25.6 Å². The van der Waals surface area contributed by atoms with Crippen LogP contribution >= 0.6 is 0 Å². The smallest absolute Gasteiger partial charge is 0.251 e. The zero-order valence-corrected chi connectivity index (χ0v) is 18.3. The van der Waals surface area contributed by atoms with Gasteiger partial charge in [0, 0.05) is 44.3 Å². The largest absolute Gasteiger partial charge is 0.354 e. The Bertz CT molecular complexity index is 1410. The number of amides is 1. The van der Waals surface area contributed by atoms with Crippen LogP contribution in [0.2, 0.25) is 0 Å². The Balaban J connectivity index is 1.47. The molecule has 3 N–H and O–H groups in total. The number of carbonyl (C=O) groups excluding carboxylic acids is 1. The predicted molar refractivity (Wildman–Crippen MR) is 124 cm³/mol. The van der Waals surface area contributed by atoms with Crippen molar-refractivity contribution in [2.75, 3.05) is 13.1 Å². The maximum Gasteiger partial charge on any atom is 0.251 e. The monoisotopic (exact) mass is 443 g/mol. The first-order chi connectivity index (χ1) is 16.1. The van der Waals surface area contributed by atoms with Crippen molar-refractivity contribution < 1.29 is 4.79 Å². The summed E-state index contributed by atoms with van der Waals surface area (Å²) in [7, 11) is 0. The first-order valence-electron chi connectivity index (χ1n) is 11.4. The van der Waals surface area contributed by atoms with Gasteiger partial charge in [-0.1, -0.05) is 0 Å². The molecule has 2 fully saturated rings. The molecule has 168 valence electrons. The molecule has 1 saturated heterocycles. The third kappa shape index (κ3) is 3.45. The highest BCUT2D eigenvalue weighted by molar-refractivity contribution is 5.94. The van der Waals surface area contributed by atoms with Crippen molar-refractivity contribution in [3.8, 4) is 16.8 Å². The zero-order chi connectivity index (χ0) is 22.6. The van der Waals surface area contributed by atoms with E-state index in [1.807, 2.05) is 43.6 Å². The molecule has 6 rings (SSSR count). The summed E-state index contributed by atoms with van der Waals surface area (Å²) in [5.74, 6) is 1.12. The normalized spacial score (nSPS) is 19.7. The van der Waals surface area contributed by atoms with Crippen LogP contribution in [0.25, 0.3) is 27.8 Å². The number of likely N-dealkylation sites (N-methyl/N-ethyl adjacent to an activating group) is 1. The highest BCUT2D eigenvalue weighted by Gasteiger charge is 2.53. The van der Waals surface area contributed by atoms with Gasteiger partial charge in [0.1, 0.15) is 11.3 Å². The lowest BCUT2D eigenvalue weighted by Crippen LogP contribution is -2.38. The number of H-pyrrole nitrogens is 1. The van der Waals surface area contributed by atoms with Crippen molar-refractivity contribution in [3.63, 3.8) is 0 Å². The highest BCUT2D eigenvalue weighted by Crippen LogP contribution is 2.34. The molecule has 1 unspecified atom stereocenters. The van der Waals surface area contributed by atoms with E-state index in [4.69, 9.17) is 4.98 Å². The number of nitrogens with zero attached hydrogens (tertiary/aromatic N) is 4. The Hall–Kier alpha value is -3.72. The fourth-order valence-electron chi connectivity index (χ4n) is 4.31. The maximum absolute atomic E-state index is 12.7. The standard InChI is InChI=1S/C24H25N7O2/c1-2-25-23(33)24(14-26-24)22-28-18-10-17(11-19(21(18)29-22)31-8-3-7-27-31)16-6-9-30(20(32)12-16)13-15-4-5-15/h3,6-12,15,26H,2,4-5,13-14H2,1H3,(H,25,33)(H,28,29). The molecule has 9 nitrogen and oxygen atoms in total. The molecular weight excluding hydrogens is 418 g/mol. The molecule has 9 heteroatoms. The third-order valence-electron chi connectivity index (χ3n) is 6.46. The molecule has 1 amide bonds. The molecule has 0 spiro atoms. The van der Waals surface area contributed by atoms with E-state index in [0.29, 0.717) is 24.8 Å². The van der Waals surface area contributed by atoms with Gasteiger partial charge in [0.2, 0.25) is 5.91 Å². The minimum absolute atomic E-state index is 0.00260. The summed E-state index contributed by atoms with van der Waals surface area (Å²) in [5, 5.41) is 10.5. The fourth-order valence-corrected chi connectivity index (χ4v) is 4.31. The third-order valence-corrected chi connectivity index (χ3v) is 6.46. The van der Waals surface area contributed by atoms with Crippen molar-refractivity contribution >= 4 is 16.9 Å². The summed E-state index contributed by atoms with van der Waals surface area (Å²) in [4.78, 5) is 33.5.